The van der Waals surface area contributed by atoms with Gasteiger partial charge in [0.2, 0.25) is 5.91 Å². The second-order valence-corrected chi connectivity index (χ2v) is 6.02. The summed E-state index contributed by atoms with van der Waals surface area (Å²) in [6, 6.07) is 7.60. The summed E-state index contributed by atoms with van der Waals surface area (Å²) in [5.41, 5.74) is 7.18. The van der Waals surface area contributed by atoms with Gasteiger partial charge in [0.15, 0.2) is 5.82 Å². The molecule has 6 heteroatoms. The Balaban J connectivity index is 1.78. The summed E-state index contributed by atoms with van der Waals surface area (Å²) in [4.78, 5) is 12.5. The number of nitrogens with one attached hydrogen (secondary N) is 1. The molecule has 1 aliphatic carbocycles. The Hall–Kier alpha value is -2.21. The Labute approximate surface area is 129 Å². The first kappa shape index (κ1) is 14.7. The molecule has 0 radical (unpaired) electrons. The van der Waals surface area contributed by atoms with E-state index in [0.29, 0.717) is 0 Å². The zero-order valence-electron chi connectivity index (χ0n) is 12.7. The Morgan fingerprint density at radius 3 is 2.77 bits per heavy atom. The van der Waals surface area contributed by atoms with E-state index in [-0.39, 0.29) is 5.91 Å². The van der Waals surface area contributed by atoms with Gasteiger partial charge in [0.25, 0.3) is 0 Å². The van der Waals surface area contributed by atoms with Crippen LogP contribution in [0.5, 0.6) is 0 Å². The molecule has 1 aliphatic rings. The van der Waals surface area contributed by atoms with Crippen molar-refractivity contribution in [3.63, 3.8) is 0 Å². The molecule has 0 atom stereocenters. The normalized spacial score (nSPS) is 17.2. The largest absolute Gasteiger partial charge is 0.324 e. The molecule has 1 fully saturated rings. The van der Waals surface area contributed by atoms with Crippen LogP contribution in [0.25, 0.3) is 11.4 Å². The molecule has 1 saturated carbocycles. The molecule has 2 aromatic rings. The predicted octanol–water partition coefficient (Wildman–Crippen LogP) is 2.08. The first-order chi connectivity index (χ1) is 10.6. The molecule has 22 heavy (non-hydrogen) atoms. The quantitative estimate of drug-likeness (QED) is 0.908. The molecular formula is C16H21N5O. The van der Waals surface area contributed by atoms with E-state index >= 15 is 0 Å². The van der Waals surface area contributed by atoms with Crippen molar-refractivity contribution in [2.45, 2.75) is 37.6 Å². The Morgan fingerprint density at radius 2 is 2.09 bits per heavy atom. The van der Waals surface area contributed by atoms with Gasteiger partial charge in [-0.1, -0.05) is 31.4 Å². The number of benzene rings is 1. The molecule has 1 heterocycles. The zero-order chi connectivity index (χ0) is 15.6. The average molecular weight is 299 g/mol. The molecule has 1 aromatic carbocycles. The van der Waals surface area contributed by atoms with E-state index in [1.807, 2.05) is 35.9 Å². The fourth-order valence-electron chi connectivity index (χ4n) is 2.95. The minimum Gasteiger partial charge on any atom is -0.324 e. The van der Waals surface area contributed by atoms with Crippen LogP contribution in [0.1, 0.15) is 32.1 Å². The summed E-state index contributed by atoms with van der Waals surface area (Å²) in [5.74, 6) is 0.665. The van der Waals surface area contributed by atoms with Crippen molar-refractivity contribution < 1.29 is 4.79 Å². The number of aryl methyl sites for hydroxylation is 1. The molecule has 6 nitrogen and oxygen atoms in total. The first-order valence-electron chi connectivity index (χ1n) is 7.63. The van der Waals surface area contributed by atoms with Crippen LogP contribution in [0.4, 0.5) is 5.69 Å². The molecule has 3 rings (SSSR count). The minimum atomic E-state index is -0.737. The van der Waals surface area contributed by atoms with Crippen LogP contribution in [0.3, 0.4) is 0 Å². The standard InChI is InChI=1S/C16H21N5O/c1-21-11-18-20-14(21)12-6-5-7-13(10-12)19-15(22)16(17)8-3-2-4-9-16/h5-7,10-11H,2-4,8-9,17H2,1H3,(H,19,22). The predicted molar refractivity (Wildman–Crippen MR) is 85.1 cm³/mol. The van der Waals surface area contributed by atoms with Crippen molar-refractivity contribution >= 4 is 11.6 Å². The topological polar surface area (TPSA) is 85.8 Å². The van der Waals surface area contributed by atoms with Gasteiger partial charge in [0.05, 0.1) is 5.54 Å². The molecular weight excluding hydrogens is 278 g/mol. The number of nitrogens with two attached hydrogens (primary N) is 1. The lowest BCUT2D eigenvalue weighted by Crippen LogP contribution is -2.52. The molecule has 1 amide bonds. The molecule has 0 unspecified atom stereocenters. The fraction of sp³-hybridized carbons (Fsp3) is 0.438. The van der Waals surface area contributed by atoms with Crippen molar-refractivity contribution in [3.8, 4) is 11.4 Å². The van der Waals surface area contributed by atoms with Crippen molar-refractivity contribution in [2.24, 2.45) is 12.8 Å². The monoisotopic (exact) mass is 299 g/mol. The summed E-state index contributed by atoms with van der Waals surface area (Å²) < 4.78 is 1.84. The van der Waals surface area contributed by atoms with Gasteiger partial charge in [-0.15, -0.1) is 10.2 Å². The summed E-state index contributed by atoms with van der Waals surface area (Å²) in [7, 11) is 1.89. The Morgan fingerprint density at radius 1 is 1.32 bits per heavy atom. The molecule has 0 aliphatic heterocycles. The van der Waals surface area contributed by atoms with Crippen LogP contribution in [-0.4, -0.2) is 26.2 Å². The second kappa shape index (κ2) is 5.88. The lowest BCUT2D eigenvalue weighted by molar-refractivity contribution is -0.122. The lowest BCUT2D eigenvalue weighted by Gasteiger charge is -2.31. The highest BCUT2D eigenvalue weighted by molar-refractivity contribution is 5.98. The second-order valence-electron chi connectivity index (χ2n) is 6.02. The Bertz CT molecular complexity index is 673. The van der Waals surface area contributed by atoms with Crippen LogP contribution < -0.4 is 11.1 Å². The van der Waals surface area contributed by atoms with Crippen LogP contribution >= 0.6 is 0 Å². The van der Waals surface area contributed by atoms with Gasteiger partial charge in [-0.05, 0) is 25.0 Å². The molecule has 0 saturated heterocycles. The third kappa shape index (κ3) is 2.87. The van der Waals surface area contributed by atoms with Gasteiger partial charge in [-0.3, -0.25) is 4.79 Å². The van der Waals surface area contributed by atoms with Crippen LogP contribution in [0.2, 0.25) is 0 Å². The van der Waals surface area contributed by atoms with Gasteiger partial charge in [-0.25, -0.2) is 0 Å². The molecule has 116 valence electrons. The van der Waals surface area contributed by atoms with Crippen LogP contribution in [0, 0.1) is 0 Å². The number of anilines is 1. The minimum absolute atomic E-state index is 0.0951. The number of carbonyl (C=O) groups excluding carboxylic acids is 1. The average Bonchev–Trinajstić information content (AvgIpc) is 2.94. The SMILES string of the molecule is Cn1cnnc1-c1cccc(NC(=O)C2(N)CCCCC2)c1. The zero-order valence-corrected chi connectivity index (χ0v) is 12.7. The molecule has 0 bridgehead atoms. The van der Waals surface area contributed by atoms with Gasteiger partial charge < -0.3 is 15.6 Å². The third-order valence-corrected chi connectivity index (χ3v) is 4.29. The van der Waals surface area contributed by atoms with Crippen molar-refractivity contribution in [2.75, 3.05) is 5.32 Å². The summed E-state index contributed by atoms with van der Waals surface area (Å²) in [6.07, 6.45) is 6.35. The fourth-order valence-corrected chi connectivity index (χ4v) is 2.95. The van der Waals surface area contributed by atoms with E-state index in [1.54, 1.807) is 6.33 Å². The highest BCUT2D eigenvalue weighted by Gasteiger charge is 2.35. The number of carbonyl (C=O) groups is 1. The number of hydrogen-bond donors (Lipinski definition) is 2. The number of hydrogen-bond acceptors (Lipinski definition) is 4. The van der Waals surface area contributed by atoms with Gasteiger partial charge in [0, 0.05) is 18.3 Å². The highest BCUT2D eigenvalue weighted by Crippen LogP contribution is 2.28. The van der Waals surface area contributed by atoms with Crippen molar-refractivity contribution in [3.05, 3.63) is 30.6 Å². The van der Waals surface area contributed by atoms with Crippen molar-refractivity contribution in [1.29, 1.82) is 0 Å². The molecule has 0 spiro atoms. The summed E-state index contributed by atoms with van der Waals surface area (Å²) in [5, 5.41) is 10.9. The van der Waals surface area contributed by atoms with Gasteiger partial charge in [-0.2, -0.15) is 0 Å². The number of aromatic nitrogens is 3. The van der Waals surface area contributed by atoms with Gasteiger partial charge >= 0.3 is 0 Å². The van der Waals surface area contributed by atoms with Gasteiger partial charge in [0.1, 0.15) is 6.33 Å². The van der Waals surface area contributed by atoms with Crippen molar-refractivity contribution in [1.82, 2.24) is 14.8 Å². The highest BCUT2D eigenvalue weighted by atomic mass is 16.2. The van der Waals surface area contributed by atoms with Crippen LogP contribution in [-0.2, 0) is 11.8 Å². The molecule has 3 N–H and O–H groups in total. The van der Waals surface area contributed by atoms with E-state index < -0.39 is 5.54 Å². The maximum Gasteiger partial charge on any atom is 0.244 e. The third-order valence-electron chi connectivity index (χ3n) is 4.29. The lowest BCUT2D eigenvalue weighted by atomic mass is 9.82. The molecule has 1 aromatic heterocycles. The first-order valence-corrected chi connectivity index (χ1v) is 7.63. The van der Waals surface area contributed by atoms with E-state index in [9.17, 15) is 4.79 Å². The summed E-state index contributed by atoms with van der Waals surface area (Å²) >= 11 is 0. The number of rotatable bonds is 3. The maximum atomic E-state index is 12.5. The maximum absolute atomic E-state index is 12.5. The smallest absolute Gasteiger partial charge is 0.244 e. The van der Waals surface area contributed by atoms with Crippen LogP contribution in [0.15, 0.2) is 30.6 Å². The van der Waals surface area contributed by atoms with E-state index in [2.05, 4.69) is 15.5 Å². The van der Waals surface area contributed by atoms with E-state index in [1.165, 1.54) is 0 Å². The summed E-state index contributed by atoms with van der Waals surface area (Å²) in [6.45, 7) is 0. The number of nitrogens with zero attached hydrogens (tertiary/aromatic N) is 3. The van der Waals surface area contributed by atoms with E-state index in [0.717, 1.165) is 49.2 Å². The Kier molecular flexibility index (Phi) is 3.94. The van der Waals surface area contributed by atoms with E-state index in [4.69, 9.17) is 5.73 Å². The number of amides is 1.